The average Bonchev–Trinajstić information content (AvgIpc) is 2.45. The van der Waals surface area contributed by atoms with Crippen LogP contribution in [-0.4, -0.2) is 43.1 Å². The molecule has 1 aromatic rings. The number of amides is 1. The molecule has 1 aromatic carbocycles. The fourth-order valence-corrected chi connectivity index (χ4v) is 2.52. The van der Waals surface area contributed by atoms with Gasteiger partial charge in [-0.15, -0.1) is 0 Å². The molecule has 0 saturated carbocycles. The summed E-state index contributed by atoms with van der Waals surface area (Å²) in [5.41, 5.74) is 0. The summed E-state index contributed by atoms with van der Waals surface area (Å²) in [5.74, 6) is 0.130. The molecule has 0 aliphatic carbocycles. The number of hydrogen-bond acceptors (Lipinski definition) is 3. The van der Waals surface area contributed by atoms with Gasteiger partial charge in [0, 0.05) is 25.2 Å². The van der Waals surface area contributed by atoms with Crippen LogP contribution >= 0.6 is 34.8 Å². The standard InChI is InChI=1S/C15H21Cl3N2O2/c1-4-20(10(2)3)6-5-19-15(21)9-22-14-8-12(17)11(16)7-13(14)18/h7-8,10H,4-6,9H2,1-3H3,(H,19,21). The molecule has 0 spiro atoms. The first-order valence-corrected chi connectivity index (χ1v) is 8.26. The van der Waals surface area contributed by atoms with Gasteiger partial charge in [0.2, 0.25) is 0 Å². The second-order valence-electron chi connectivity index (χ2n) is 5.06. The van der Waals surface area contributed by atoms with Crippen molar-refractivity contribution in [2.75, 3.05) is 26.2 Å². The molecule has 0 unspecified atom stereocenters. The van der Waals surface area contributed by atoms with Gasteiger partial charge >= 0.3 is 0 Å². The number of carbonyl (C=O) groups excluding carboxylic acids is 1. The maximum absolute atomic E-state index is 11.8. The van der Waals surface area contributed by atoms with Crippen molar-refractivity contribution < 1.29 is 9.53 Å². The summed E-state index contributed by atoms with van der Waals surface area (Å²) in [5, 5.41) is 3.80. The Bertz CT molecular complexity index is 510. The fourth-order valence-electron chi connectivity index (χ4n) is 1.93. The molecule has 7 heteroatoms. The van der Waals surface area contributed by atoms with Crippen molar-refractivity contribution in [1.82, 2.24) is 10.2 Å². The van der Waals surface area contributed by atoms with E-state index in [2.05, 4.69) is 31.0 Å². The van der Waals surface area contributed by atoms with Crippen molar-refractivity contribution in [3.8, 4) is 5.75 Å². The second-order valence-corrected chi connectivity index (χ2v) is 6.28. The Hall–Kier alpha value is -0.680. The van der Waals surface area contributed by atoms with E-state index >= 15 is 0 Å². The van der Waals surface area contributed by atoms with Gasteiger partial charge < -0.3 is 10.1 Å². The molecule has 1 rings (SSSR count). The first kappa shape index (κ1) is 19.4. The number of rotatable bonds is 8. The van der Waals surface area contributed by atoms with E-state index in [4.69, 9.17) is 39.5 Å². The molecule has 4 nitrogen and oxygen atoms in total. The summed E-state index contributed by atoms with van der Waals surface area (Å²) in [6.45, 7) is 8.55. The molecule has 22 heavy (non-hydrogen) atoms. The van der Waals surface area contributed by atoms with Crippen molar-refractivity contribution >= 4 is 40.7 Å². The van der Waals surface area contributed by atoms with Crippen LogP contribution in [-0.2, 0) is 4.79 Å². The van der Waals surface area contributed by atoms with E-state index in [9.17, 15) is 4.79 Å². The first-order valence-electron chi connectivity index (χ1n) is 7.13. The monoisotopic (exact) mass is 366 g/mol. The van der Waals surface area contributed by atoms with E-state index in [1.807, 2.05) is 0 Å². The van der Waals surface area contributed by atoms with Crippen molar-refractivity contribution in [2.45, 2.75) is 26.8 Å². The highest BCUT2D eigenvalue weighted by Crippen LogP contribution is 2.33. The smallest absolute Gasteiger partial charge is 0.257 e. The molecule has 0 aliphatic heterocycles. The lowest BCUT2D eigenvalue weighted by Crippen LogP contribution is -2.39. The highest BCUT2D eigenvalue weighted by atomic mass is 35.5. The predicted molar refractivity (Wildman–Crippen MR) is 92.4 cm³/mol. The minimum Gasteiger partial charge on any atom is -0.482 e. The Morgan fingerprint density at radius 3 is 2.45 bits per heavy atom. The Balaban J connectivity index is 2.39. The lowest BCUT2D eigenvalue weighted by atomic mass is 10.3. The quantitative estimate of drug-likeness (QED) is 0.709. The van der Waals surface area contributed by atoms with Crippen LogP contribution < -0.4 is 10.1 Å². The molecule has 1 amide bonds. The molecule has 0 atom stereocenters. The van der Waals surface area contributed by atoms with Crippen LogP contribution in [0.4, 0.5) is 0 Å². The van der Waals surface area contributed by atoms with E-state index in [0.717, 1.165) is 13.1 Å². The molecule has 0 heterocycles. The highest BCUT2D eigenvalue weighted by molar-refractivity contribution is 6.43. The van der Waals surface area contributed by atoms with Crippen molar-refractivity contribution in [1.29, 1.82) is 0 Å². The maximum atomic E-state index is 11.8. The van der Waals surface area contributed by atoms with Gasteiger partial charge in [-0.25, -0.2) is 0 Å². The van der Waals surface area contributed by atoms with E-state index in [0.29, 0.717) is 33.4 Å². The Morgan fingerprint density at radius 1 is 1.23 bits per heavy atom. The van der Waals surface area contributed by atoms with E-state index in [1.165, 1.54) is 12.1 Å². The molecule has 0 bridgehead atoms. The summed E-state index contributed by atoms with van der Waals surface area (Å²) in [7, 11) is 0. The zero-order valence-electron chi connectivity index (χ0n) is 13.0. The summed E-state index contributed by atoms with van der Waals surface area (Å²) < 4.78 is 5.37. The van der Waals surface area contributed by atoms with Crippen LogP contribution in [0.1, 0.15) is 20.8 Å². The molecular formula is C15H21Cl3N2O2. The van der Waals surface area contributed by atoms with Gasteiger partial charge in [0.15, 0.2) is 6.61 Å². The molecule has 0 saturated heterocycles. The number of hydrogen-bond donors (Lipinski definition) is 1. The Kier molecular flexibility index (Phi) is 8.33. The lowest BCUT2D eigenvalue weighted by molar-refractivity contribution is -0.123. The average molecular weight is 368 g/mol. The lowest BCUT2D eigenvalue weighted by Gasteiger charge is -2.24. The largest absolute Gasteiger partial charge is 0.482 e. The molecule has 0 radical (unpaired) electrons. The molecule has 124 valence electrons. The Morgan fingerprint density at radius 2 is 1.86 bits per heavy atom. The summed E-state index contributed by atoms with van der Waals surface area (Å²) in [6.07, 6.45) is 0. The van der Waals surface area contributed by atoms with E-state index < -0.39 is 0 Å². The summed E-state index contributed by atoms with van der Waals surface area (Å²) in [4.78, 5) is 14.0. The SMILES string of the molecule is CCN(CCNC(=O)COc1cc(Cl)c(Cl)cc1Cl)C(C)C. The van der Waals surface area contributed by atoms with Crippen LogP contribution in [0.15, 0.2) is 12.1 Å². The van der Waals surface area contributed by atoms with Crippen LogP contribution in [0, 0.1) is 0 Å². The number of ether oxygens (including phenoxy) is 1. The minimum atomic E-state index is -0.207. The van der Waals surface area contributed by atoms with E-state index in [-0.39, 0.29) is 12.5 Å². The van der Waals surface area contributed by atoms with Crippen LogP contribution in [0.2, 0.25) is 15.1 Å². The van der Waals surface area contributed by atoms with Gasteiger partial charge in [0.05, 0.1) is 15.1 Å². The number of nitrogens with one attached hydrogen (secondary N) is 1. The number of halogens is 3. The van der Waals surface area contributed by atoms with Crippen molar-refractivity contribution in [3.05, 3.63) is 27.2 Å². The topological polar surface area (TPSA) is 41.6 Å². The number of benzene rings is 1. The molecule has 0 aromatic heterocycles. The van der Waals surface area contributed by atoms with E-state index in [1.54, 1.807) is 0 Å². The third-order valence-electron chi connectivity index (χ3n) is 3.19. The minimum absolute atomic E-state index is 0.120. The zero-order valence-corrected chi connectivity index (χ0v) is 15.2. The van der Waals surface area contributed by atoms with Crippen LogP contribution in [0.25, 0.3) is 0 Å². The molecule has 0 aliphatic rings. The summed E-state index contributed by atoms with van der Waals surface area (Å²) >= 11 is 17.7. The van der Waals surface area contributed by atoms with Crippen LogP contribution in [0.3, 0.4) is 0 Å². The van der Waals surface area contributed by atoms with Gasteiger partial charge in [-0.2, -0.15) is 0 Å². The van der Waals surface area contributed by atoms with Crippen molar-refractivity contribution in [3.63, 3.8) is 0 Å². The third-order valence-corrected chi connectivity index (χ3v) is 4.21. The molecule has 1 N–H and O–H groups in total. The van der Waals surface area contributed by atoms with Gasteiger partial charge in [-0.05, 0) is 26.5 Å². The number of carbonyl (C=O) groups is 1. The van der Waals surface area contributed by atoms with Gasteiger partial charge in [-0.1, -0.05) is 41.7 Å². The number of nitrogens with zero attached hydrogens (tertiary/aromatic N) is 1. The predicted octanol–water partition coefficient (Wildman–Crippen LogP) is 3.87. The fraction of sp³-hybridized carbons (Fsp3) is 0.533. The molecular weight excluding hydrogens is 347 g/mol. The van der Waals surface area contributed by atoms with Crippen LogP contribution in [0.5, 0.6) is 5.75 Å². The summed E-state index contributed by atoms with van der Waals surface area (Å²) in [6, 6.07) is 3.44. The van der Waals surface area contributed by atoms with Gasteiger partial charge in [0.25, 0.3) is 5.91 Å². The second kappa shape index (κ2) is 9.46. The normalized spacial score (nSPS) is 11.1. The zero-order chi connectivity index (χ0) is 16.7. The highest BCUT2D eigenvalue weighted by Gasteiger charge is 2.10. The van der Waals surface area contributed by atoms with Gasteiger partial charge in [-0.3, -0.25) is 9.69 Å². The Labute approximate surface area is 146 Å². The molecule has 0 fully saturated rings. The maximum Gasteiger partial charge on any atom is 0.257 e. The third kappa shape index (κ3) is 6.21. The first-order chi connectivity index (χ1) is 10.3. The van der Waals surface area contributed by atoms with Gasteiger partial charge in [0.1, 0.15) is 5.75 Å². The number of likely N-dealkylation sites (N-methyl/N-ethyl adjacent to an activating group) is 1. The van der Waals surface area contributed by atoms with Crippen molar-refractivity contribution in [2.24, 2.45) is 0 Å².